The van der Waals surface area contributed by atoms with E-state index in [0.717, 1.165) is 5.56 Å². The third-order valence-electron chi connectivity index (χ3n) is 4.03. The summed E-state index contributed by atoms with van der Waals surface area (Å²) < 4.78 is 1.21. The molecule has 0 saturated carbocycles. The Bertz CT molecular complexity index is 674. The van der Waals surface area contributed by atoms with E-state index in [0.29, 0.717) is 6.42 Å². The average Bonchev–Trinajstić information content (AvgIpc) is 2.80. The van der Waals surface area contributed by atoms with E-state index in [2.05, 4.69) is 22.8 Å². The highest BCUT2D eigenvalue weighted by molar-refractivity contribution is 7.17. The van der Waals surface area contributed by atoms with Gasteiger partial charge >= 0.3 is 0 Å². The Morgan fingerprint density at radius 3 is 2.75 bits per heavy atom. The van der Waals surface area contributed by atoms with Gasteiger partial charge in [-0.1, -0.05) is 32.0 Å². The van der Waals surface area contributed by atoms with Crippen molar-refractivity contribution in [3.63, 3.8) is 0 Å². The van der Waals surface area contributed by atoms with Gasteiger partial charge in [0.05, 0.1) is 0 Å². The van der Waals surface area contributed by atoms with Gasteiger partial charge in [-0.2, -0.15) is 0 Å². The van der Waals surface area contributed by atoms with Crippen LogP contribution in [0.5, 0.6) is 0 Å². The smallest absolute Gasteiger partial charge is 0.230 e. The zero-order valence-electron chi connectivity index (χ0n) is 11.6. The molecule has 104 valence electrons. The molecule has 2 heterocycles. The first-order chi connectivity index (χ1) is 9.58. The summed E-state index contributed by atoms with van der Waals surface area (Å²) >= 11 is 1.68. The Morgan fingerprint density at radius 2 is 2.00 bits per heavy atom. The summed E-state index contributed by atoms with van der Waals surface area (Å²) in [6.07, 6.45) is 0.398. The number of thiophene rings is 1. The molecule has 1 aliphatic heterocycles. The van der Waals surface area contributed by atoms with Crippen molar-refractivity contribution in [3.05, 3.63) is 35.2 Å². The second-order valence-corrected chi connectivity index (χ2v) is 6.59. The largest absolute Gasteiger partial charge is 0.296 e. The summed E-state index contributed by atoms with van der Waals surface area (Å²) in [5, 5.41) is 5.76. The molecule has 2 atom stereocenters. The van der Waals surface area contributed by atoms with Crippen molar-refractivity contribution in [2.75, 3.05) is 0 Å². The molecule has 3 nitrogen and oxygen atoms in total. The third-order valence-corrected chi connectivity index (χ3v) is 5.01. The zero-order valence-corrected chi connectivity index (χ0v) is 12.4. The standard InChI is InChI=1S/C16H17NO2S/c1-9(2)15-11(7-14(18)17-16(15)19)12-8-20-13-6-4-3-5-10(12)13/h3-6,8-9,11,15H,7H2,1-2H3,(H,17,18,19). The van der Waals surface area contributed by atoms with Gasteiger partial charge in [0.25, 0.3) is 0 Å². The van der Waals surface area contributed by atoms with E-state index in [1.54, 1.807) is 11.3 Å². The van der Waals surface area contributed by atoms with Crippen LogP contribution in [0.1, 0.15) is 31.7 Å². The molecule has 3 rings (SSSR count). The van der Waals surface area contributed by atoms with Crippen molar-refractivity contribution in [3.8, 4) is 0 Å². The van der Waals surface area contributed by atoms with Crippen LogP contribution in [0.2, 0.25) is 0 Å². The summed E-state index contributed by atoms with van der Waals surface area (Å²) in [5.74, 6) is -0.214. The molecule has 1 saturated heterocycles. The molecule has 2 amide bonds. The van der Waals surface area contributed by atoms with Crippen LogP contribution >= 0.6 is 11.3 Å². The van der Waals surface area contributed by atoms with Crippen molar-refractivity contribution < 1.29 is 9.59 Å². The number of benzene rings is 1. The number of carbonyl (C=O) groups is 2. The molecule has 0 spiro atoms. The molecule has 0 bridgehead atoms. The van der Waals surface area contributed by atoms with Gasteiger partial charge in [-0.25, -0.2) is 0 Å². The van der Waals surface area contributed by atoms with Gasteiger partial charge in [-0.3, -0.25) is 14.9 Å². The van der Waals surface area contributed by atoms with E-state index in [9.17, 15) is 9.59 Å². The van der Waals surface area contributed by atoms with E-state index >= 15 is 0 Å². The highest BCUT2D eigenvalue weighted by atomic mass is 32.1. The minimum Gasteiger partial charge on any atom is -0.296 e. The Balaban J connectivity index is 2.09. The van der Waals surface area contributed by atoms with Crippen LogP contribution in [0.15, 0.2) is 29.6 Å². The Hall–Kier alpha value is -1.68. The number of nitrogens with one attached hydrogen (secondary N) is 1. The maximum absolute atomic E-state index is 12.2. The summed E-state index contributed by atoms with van der Waals surface area (Å²) in [6.45, 7) is 4.09. The molecule has 1 N–H and O–H groups in total. The fourth-order valence-electron chi connectivity index (χ4n) is 3.14. The average molecular weight is 287 g/mol. The maximum atomic E-state index is 12.2. The third kappa shape index (κ3) is 2.14. The highest BCUT2D eigenvalue weighted by Crippen LogP contribution is 2.41. The molecular formula is C16H17NO2S. The molecule has 20 heavy (non-hydrogen) atoms. The Morgan fingerprint density at radius 1 is 1.25 bits per heavy atom. The fourth-order valence-corrected chi connectivity index (χ4v) is 4.16. The molecular weight excluding hydrogens is 270 g/mol. The van der Waals surface area contributed by atoms with Gasteiger partial charge in [0.15, 0.2) is 0 Å². The van der Waals surface area contributed by atoms with Crippen LogP contribution in [-0.2, 0) is 9.59 Å². The van der Waals surface area contributed by atoms with Gasteiger partial charge in [-0.05, 0) is 28.3 Å². The molecule has 0 aliphatic carbocycles. The number of hydrogen-bond acceptors (Lipinski definition) is 3. The first kappa shape index (κ1) is 13.3. The van der Waals surface area contributed by atoms with Crippen molar-refractivity contribution in [1.29, 1.82) is 0 Å². The van der Waals surface area contributed by atoms with Gasteiger partial charge in [0, 0.05) is 23.0 Å². The molecule has 1 aromatic carbocycles. The fraction of sp³-hybridized carbons (Fsp3) is 0.375. The van der Waals surface area contributed by atoms with Crippen LogP contribution in [0.4, 0.5) is 0 Å². The number of imide groups is 1. The summed E-state index contributed by atoms with van der Waals surface area (Å²) in [4.78, 5) is 23.9. The van der Waals surface area contributed by atoms with Crippen LogP contribution in [0, 0.1) is 11.8 Å². The topological polar surface area (TPSA) is 46.2 Å². The van der Waals surface area contributed by atoms with Crippen LogP contribution in [0.25, 0.3) is 10.1 Å². The quantitative estimate of drug-likeness (QED) is 0.861. The molecule has 0 radical (unpaired) electrons. The van der Waals surface area contributed by atoms with Crippen molar-refractivity contribution in [2.24, 2.45) is 11.8 Å². The van der Waals surface area contributed by atoms with Crippen LogP contribution in [0.3, 0.4) is 0 Å². The van der Waals surface area contributed by atoms with Crippen molar-refractivity contribution >= 4 is 33.2 Å². The molecule has 4 heteroatoms. The number of carbonyl (C=O) groups excluding carboxylic acids is 2. The van der Waals surface area contributed by atoms with Crippen LogP contribution < -0.4 is 5.32 Å². The summed E-state index contributed by atoms with van der Waals surface area (Å²) in [5.41, 5.74) is 1.15. The first-order valence-corrected chi connectivity index (χ1v) is 7.75. The molecule has 2 unspecified atom stereocenters. The summed E-state index contributed by atoms with van der Waals surface area (Å²) in [6, 6.07) is 8.18. The molecule has 1 aliphatic rings. The van der Waals surface area contributed by atoms with E-state index < -0.39 is 0 Å². The number of amides is 2. The number of piperidine rings is 1. The first-order valence-electron chi connectivity index (χ1n) is 6.87. The number of rotatable bonds is 2. The van der Waals surface area contributed by atoms with E-state index in [4.69, 9.17) is 0 Å². The van der Waals surface area contributed by atoms with Gasteiger partial charge in [-0.15, -0.1) is 11.3 Å². The normalized spacial score (nSPS) is 23.4. The van der Waals surface area contributed by atoms with Crippen molar-refractivity contribution in [2.45, 2.75) is 26.2 Å². The molecule has 1 aromatic heterocycles. The van der Waals surface area contributed by atoms with Crippen LogP contribution in [-0.4, -0.2) is 11.8 Å². The monoisotopic (exact) mass is 287 g/mol. The maximum Gasteiger partial charge on any atom is 0.230 e. The van der Waals surface area contributed by atoms with E-state index in [1.807, 2.05) is 26.0 Å². The lowest BCUT2D eigenvalue weighted by molar-refractivity contribution is -0.138. The second kappa shape index (κ2) is 5.02. The highest BCUT2D eigenvalue weighted by Gasteiger charge is 2.39. The lowest BCUT2D eigenvalue weighted by Gasteiger charge is -2.32. The lowest BCUT2D eigenvalue weighted by atomic mass is 9.74. The molecule has 1 fully saturated rings. The predicted octanol–water partition coefficient (Wildman–Crippen LogP) is 3.30. The van der Waals surface area contributed by atoms with Crippen molar-refractivity contribution in [1.82, 2.24) is 5.32 Å². The number of fused-ring (bicyclic) bond motifs is 1. The Kier molecular flexibility index (Phi) is 3.34. The lowest BCUT2D eigenvalue weighted by Crippen LogP contribution is -2.46. The minimum absolute atomic E-state index is 0.00704. The number of hydrogen-bond donors (Lipinski definition) is 1. The van der Waals surface area contributed by atoms with E-state index in [-0.39, 0.29) is 29.6 Å². The SMILES string of the molecule is CC(C)C1C(=O)NC(=O)CC1c1csc2ccccc12. The predicted molar refractivity (Wildman–Crippen MR) is 80.7 cm³/mol. The van der Waals surface area contributed by atoms with Gasteiger partial charge < -0.3 is 0 Å². The second-order valence-electron chi connectivity index (χ2n) is 5.68. The zero-order chi connectivity index (χ0) is 14.3. The van der Waals surface area contributed by atoms with E-state index in [1.165, 1.54) is 10.1 Å². The van der Waals surface area contributed by atoms with Gasteiger partial charge in [0.1, 0.15) is 0 Å². The minimum atomic E-state index is -0.160. The summed E-state index contributed by atoms with van der Waals surface area (Å²) in [7, 11) is 0. The Labute approximate surface area is 122 Å². The van der Waals surface area contributed by atoms with Gasteiger partial charge in [0.2, 0.25) is 11.8 Å². The molecule has 2 aromatic rings.